The number of carbonyl (C=O) groups is 1. The first kappa shape index (κ1) is 17.7. The highest BCUT2D eigenvalue weighted by molar-refractivity contribution is 6.30. The summed E-state index contributed by atoms with van der Waals surface area (Å²) in [6.45, 7) is 1.91. The molecule has 2 heterocycles. The van der Waals surface area contributed by atoms with Crippen LogP contribution in [0.25, 0.3) is 6.08 Å². The van der Waals surface area contributed by atoms with Crippen molar-refractivity contribution in [2.75, 3.05) is 7.05 Å². The molecule has 5 heteroatoms. The molecule has 4 rings (SSSR count). The monoisotopic (exact) mass is 381 g/mol. The number of benzene rings is 2. The molecule has 27 heavy (non-hydrogen) atoms. The Morgan fingerprint density at radius 2 is 1.96 bits per heavy atom. The zero-order valence-corrected chi connectivity index (χ0v) is 15.9. The number of piperidine rings is 1. The van der Waals surface area contributed by atoms with Gasteiger partial charge in [0.25, 0.3) is 5.91 Å². The molecule has 2 bridgehead atoms. The largest absolute Gasteiger partial charge is 0.507 e. The van der Waals surface area contributed by atoms with E-state index in [1.54, 1.807) is 36.2 Å². The molecule has 2 aliphatic rings. The Bertz CT molecular complexity index is 964. The Kier molecular flexibility index (Phi) is 4.23. The van der Waals surface area contributed by atoms with Gasteiger partial charge >= 0.3 is 0 Å². The first-order valence-electron chi connectivity index (χ1n) is 8.82. The smallest absolute Gasteiger partial charge is 0.256 e. The summed E-state index contributed by atoms with van der Waals surface area (Å²) in [5, 5.41) is 11.4. The quantitative estimate of drug-likeness (QED) is 0.593. The van der Waals surface area contributed by atoms with Gasteiger partial charge in [-0.1, -0.05) is 48.0 Å². The van der Waals surface area contributed by atoms with Crippen molar-refractivity contribution in [3.8, 4) is 5.75 Å². The van der Waals surface area contributed by atoms with E-state index in [4.69, 9.17) is 16.3 Å². The topological polar surface area (TPSA) is 49.8 Å². The van der Waals surface area contributed by atoms with Crippen LogP contribution in [-0.2, 0) is 4.79 Å². The van der Waals surface area contributed by atoms with E-state index in [1.807, 2.05) is 43.3 Å². The second-order valence-electron chi connectivity index (χ2n) is 7.12. The molecular weight excluding hydrogens is 362 g/mol. The third kappa shape index (κ3) is 3.00. The number of hydrogen-bond acceptors (Lipinski definition) is 3. The molecule has 2 aromatic rings. The van der Waals surface area contributed by atoms with Crippen molar-refractivity contribution in [3.63, 3.8) is 0 Å². The van der Waals surface area contributed by atoms with Gasteiger partial charge in [0.15, 0.2) is 5.72 Å². The molecule has 2 unspecified atom stereocenters. The Balaban J connectivity index is 1.78. The molecule has 2 aromatic carbocycles. The van der Waals surface area contributed by atoms with E-state index in [2.05, 4.69) is 0 Å². The summed E-state index contributed by atoms with van der Waals surface area (Å²) >= 11 is 5.91. The number of nitrogens with zero attached hydrogens (tertiary/aromatic N) is 1. The SMILES string of the molecule is CN1C(=O)C(=C(O)C=Cc2ccc(Cl)cc2)C2CC1(C)Oc1ccccc12. The van der Waals surface area contributed by atoms with Gasteiger partial charge in [0.05, 0.1) is 5.57 Å². The molecule has 2 aliphatic heterocycles. The van der Waals surface area contributed by atoms with Crippen LogP contribution in [0.15, 0.2) is 65.9 Å². The molecule has 0 radical (unpaired) electrons. The number of amides is 1. The zero-order valence-electron chi connectivity index (χ0n) is 15.1. The number of para-hydroxylation sites is 1. The Morgan fingerprint density at radius 3 is 2.70 bits per heavy atom. The Morgan fingerprint density at radius 1 is 1.26 bits per heavy atom. The number of fused-ring (bicyclic) bond motifs is 4. The average molecular weight is 382 g/mol. The lowest BCUT2D eigenvalue weighted by Gasteiger charge is -2.49. The molecular formula is C22H20ClNO3. The van der Waals surface area contributed by atoms with Crippen molar-refractivity contribution in [3.05, 3.63) is 82.1 Å². The number of likely N-dealkylation sites (N-methyl/N-ethyl adjacent to an activating group) is 1. The molecule has 0 spiro atoms. The highest BCUT2D eigenvalue weighted by Gasteiger charge is 2.50. The number of aliphatic hydroxyl groups excluding tert-OH is 1. The molecule has 1 fully saturated rings. The molecule has 2 atom stereocenters. The van der Waals surface area contributed by atoms with Gasteiger partial charge in [0, 0.05) is 30.0 Å². The van der Waals surface area contributed by atoms with E-state index in [0.29, 0.717) is 17.0 Å². The van der Waals surface area contributed by atoms with Crippen molar-refractivity contribution in [1.82, 2.24) is 4.90 Å². The van der Waals surface area contributed by atoms with Gasteiger partial charge in [-0.25, -0.2) is 0 Å². The number of carbonyl (C=O) groups excluding carboxylic acids is 1. The maximum absolute atomic E-state index is 13.0. The van der Waals surface area contributed by atoms with E-state index in [9.17, 15) is 9.90 Å². The minimum absolute atomic E-state index is 0.0226. The van der Waals surface area contributed by atoms with Crippen LogP contribution in [-0.4, -0.2) is 28.7 Å². The maximum atomic E-state index is 13.0. The van der Waals surface area contributed by atoms with Crippen LogP contribution in [0.2, 0.25) is 5.02 Å². The van der Waals surface area contributed by atoms with Crippen LogP contribution < -0.4 is 4.74 Å². The van der Waals surface area contributed by atoms with Gasteiger partial charge in [-0.15, -0.1) is 0 Å². The lowest BCUT2D eigenvalue weighted by molar-refractivity contribution is -0.153. The fraction of sp³-hybridized carbons (Fsp3) is 0.227. The molecule has 0 aromatic heterocycles. The summed E-state index contributed by atoms with van der Waals surface area (Å²) < 4.78 is 6.11. The van der Waals surface area contributed by atoms with Crippen LogP contribution in [0.1, 0.15) is 30.4 Å². The highest BCUT2D eigenvalue weighted by Crippen LogP contribution is 2.49. The maximum Gasteiger partial charge on any atom is 0.256 e. The van der Waals surface area contributed by atoms with Gasteiger partial charge in [0.1, 0.15) is 11.5 Å². The van der Waals surface area contributed by atoms with Gasteiger partial charge in [-0.05, 0) is 36.8 Å². The van der Waals surface area contributed by atoms with Crippen molar-refractivity contribution < 1.29 is 14.6 Å². The summed E-state index contributed by atoms with van der Waals surface area (Å²) in [5.41, 5.74) is 1.49. The summed E-state index contributed by atoms with van der Waals surface area (Å²) in [6, 6.07) is 15.0. The number of hydrogen-bond donors (Lipinski definition) is 1. The van der Waals surface area contributed by atoms with Gasteiger partial charge in [-0.3, -0.25) is 4.79 Å². The third-order valence-corrected chi connectivity index (χ3v) is 5.63. The van der Waals surface area contributed by atoms with Gasteiger partial charge in [0.2, 0.25) is 0 Å². The predicted molar refractivity (Wildman–Crippen MR) is 106 cm³/mol. The number of likely N-dealkylation sites (tertiary alicyclic amines) is 1. The molecule has 1 saturated heterocycles. The van der Waals surface area contributed by atoms with Crippen molar-refractivity contribution in [2.45, 2.75) is 25.0 Å². The second-order valence-corrected chi connectivity index (χ2v) is 7.56. The molecule has 4 nitrogen and oxygen atoms in total. The molecule has 1 amide bonds. The average Bonchev–Trinajstić information content (AvgIpc) is 2.66. The van der Waals surface area contributed by atoms with Crippen molar-refractivity contribution in [2.24, 2.45) is 0 Å². The summed E-state index contributed by atoms with van der Waals surface area (Å²) in [6.07, 6.45) is 3.94. The third-order valence-electron chi connectivity index (χ3n) is 5.38. The van der Waals surface area contributed by atoms with Crippen LogP contribution in [0.4, 0.5) is 0 Å². The number of ether oxygens (including phenoxy) is 1. The van der Waals surface area contributed by atoms with Crippen LogP contribution in [0.3, 0.4) is 0 Å². The van der Waals surface area contributed by atoms with Crippen molar-refractivity contribution >= 4 is 23.6 Å². The van der Waals surface area contributed by atoms with Gasteiger partial charge < -0.3 is 14.7 Å². The minimum Gasteiger partial charge on any atom is -0.507 e. The minimum atomic E-state index is -0.722. The number of aliphatic hydroxyl groups is 1. The van der Waals surface area contributed by atoms with E-state index < -0.39 is 5.72 Å². The summed E-state index contributed by atoms with van der Waals surface area (Å²) in [4.78, 5) is 14.6. The van der Waals surface area contributed by atoms with E-state index in [1.165, 1.54) is 0 Å². The molecule has 0 aliphatic carbocycles. The van der Waals surface area contributed by atoms with E-state index >= 15 is 0 Å². The van der Waals surface area contributed by atoms with Gasteiger partial charge in [-0.2, -0.15) is 0 Å². The fourth-order valence-electron chi connectivity index (χ4n) is 3.76. The molecule has 138 valence electrons. The molecule has 1 N–H and O–H groups in total. The number of halogens is 1. The zero-order chi connectivity index (χ0) is 19.2. The first-order valence-corrected chi connectivity index (χ1v) is 9.20. The predicted octanol–water partition coefficient (Wildman–Crippen LogP) is 4.92. The molecule has 0 saturated carbocycles. The number of allylic oxidation sites excluding steroid dienone is 1. The van der Waals surface area contributed by atoms with Crippen molar-refractivity contribution in [1.29, 1.82) is 0 Å². The normalized spacial score (nSPS) is 26.0. The van der Waals surface area contributed by atoms with Crippen LogP contribution >= 0.6 is 11.6 Å². The van der Waals surface area contributed by atoms with Crippen LogP contribution in [0.5, 0.6) is 5.75 Å². The lowest BCUT2D eigenvalue weighted by Crippen LogP contribution is -2.59. The van der Waals surface area contributed by atoms with E-state index in [-0.39, 0.29) is 17.6 Å². The first-order chi connectivity index (χ1) is 12.9. The Hall–Kier alpha value is -2.72. The lowest BCUT2D eigenvalue weighted by atomic mass is 9.77. The highest BCUT2D eigenvalue weighted by atomic mass is 35.5. The Labute approximate surface area is 163 Å². The second kappa shape index (κ2) is 6.46. The summed E-state index contributed by atoms with van der Waals surface area (Å²) in [5.74, 6) is 0.299. The number of rotatable bonds is 2. The van der Waals surface area contributed by atoms with E-state index in [0.717, 1.165) is 16.9 Å². The summed E-state index contributed by atoms with van der Waals surface area (Å²) in [7, 11) is 1.71. The fourth-order valence-corrected chi connectivity index (χ4v) is 3.89. The van der Waals surface area contributed by atoms with Crippen LogP contribution in [0, 0.1) is 0 Å². The standard InChI is InChI=1S/C22H20ClNO3/c1-22-13-17(16-5-3-4-6-19(16)27-22)20(21(26)24(22)2)18(25)12-9-14-7-10-15(23)11-8-14/h3-12,17,25H,13H2,1-2H3.